The van der Waals surface area contributed by atoms with Gasteiger partial charge in [0, 0.05) is 4.43 Å². The van der Waals surface area contributed by atoms with Gasteiger partial charge >= 0.3 is 0 Å². The second-order valence-corrected chi connectivity index (χ2v) is 4.02. The van der Waals surface area contributed by atoms with Crippen LogP contribution in [0.1, 0.15) is 0 Å². The highest BCUT2D eigenvalue weighted by atomic mass is 127. The largest absolute Gasteiger partial charge is 0.494 e. The smallest absolute Gasteiger partial charge is 0.145 e. The molecule has 66 valence electrons. The van der Waals surface area contributed by atoms with Crippen LogP contribution in [0, 0.1) is 0 Å². The van der Waals surface area contributed by atoms with Gasteiger partial charge in [0.1, 0.15) is 25.7 Å². The van der Waals surface area contributed by atoms with Crippen molar-refractivity contribution < 1.29 is 14.6 Å². The first-order valence-corrected chi connectivity index (χ1v) is 5.47. The number of hydrogen-bond acceptors (Lipinski definition) is 3. The number of alkyl halides is 1. The first-order chi connectivity index (χ1) is 5.69. The minimum absolute atomic E-state index is 0.0234. The first kappa shape index (κ1) is 8.84. The van der Waals surface area contributed by atoms with E-state index in [0.717, 1.165) is 4.43 Å². The Kier molecular flexibility index (Phi) is 2.12. The lowest BCUT2D eigenvalue weighted by molar-refractivity contribution is -0.0286. The van der Waals surface area contributed by atoms with Crippen LogP contribution in [0.2, 0.25) is 0 Å². The zero-order valence-electron chi connectivity index (χ0n) is 6.74. The van der Waals surface area contributed by atoms with E-state index in [0.29, 0.717) is 0 Å². The molecule has 2 unspecified atom stereocenters. The van der Waals surface area contributed by atoms with Crippen LogP contribution in [-0.4, -0.2) is 41.2 Å². The molecule has 1 saturated heterocycles. The monoisotopic (exact) mass is 280 g/mol. The Labute approximate surface area is 85.7 Å². The molecule has 0 aromatic heterocycles. The molecule has 5 heteroatoms. The van der Waals surface area contributed by atoms with E-state index in [1.165, 1.54) is 0 Å². The average Bonchev–Trinajstić information content (AvgIpc) is 2.23. The van der Waals surface area contributed by atoms with Gasteiger partial charge in [-0.3, -0.25) is 0 Å². The van der Waals surface area contributed by atoms with Crippen LogP contribution < -0.4 is 0 Å². The minimum atomic E-state index is -0.519. The second-order valence-electron chi connectivity index (χ2n) is 3.26. The highest BCUT2D eigenvalue weighted by Crippen LogP contribution is 2.37. The van der Waals surface area contributed by atoms with Crippen molar-refractivity contribution in [2.75, 3.05) is 4.43 Å². The molecule has 1 N–H and O–H groups in total. The fourth-order valence-corrected chi connectivity index (χ4v) is 2.63. The summed E-state index contributed by atoms with van der Waals surface area (Å²) in [6, 6.07) is -0.0234. The summed E-state index contributed by atoms with van der Waals surface area (Å²) in [5.74, 6) is 0. The van der Waals surface area contributed by atoms with Crippen molar-refractivity contribution in [2.24, 2.45) is 0 Å². The van der Waals surface area contributed by atoms with Gasteiger partial charge in [0.2, 0.25) is 0 Å². The van der Waals surface area contributed by atoms with Crippen molar-refractivity contribution in [1.29, 1.82) is 0 Å². The maximum Gasteiger partial charge on any atom is 0.145 e. The summed E-state index contributed by atoms with van der Waals surface area (Å²) in [5, 5.41) is 9.82. The molecule has 0 amide bonds. The first-order valence-electron chi connectivity index (χ1n) is 3.94. The van der Waals surface area contributed by atoms with Crippen molar-refractivity contribution in [2.45, 2.75) is 23.8 Å². The number of hydrogen-bond donors (Lipinski definition) is 1. The maximum atomic E-state index is 9.82. The molecular weight excluding hydrogens is 270 g/mol. The molecule has 3 nitrogen and oxygen atoms in total. The Morgan fingerprint density at radius 3 is 3.00 bits per heavy atom. The van der Waals surface area contributed by atoms with Crippen LogP contribution in [0.15, 0.2) is 12.3 Å². The van der Waals surface area contributed by atoms with Crippen LogP contribution in [0.3, 0.4) is 0 Å². The van der Waals surface area contributed by atoms with Crippen LogP contribution in [0.5, 0.6) is 0 Å². The van der Waals surface area contributed by atoms with E-state index in [-0.39, 0.29) is 12.1 Å². The molecule has 0 aliphatic carbocycles. The van der Waals surface area contributed by atoms with Crippen molar-refractivity contribution >= 4 is 30.4 Å². The molecule has 12 heavy (non-hydrogen) atoms. The molecule has 0 aromatic rings. The van der Waals surface area contributed by atoms with E-state index in [2.05, 4.69) is 22.6 Å². The van der Waals surface area contributed by atoms with E-state index >= 15 is 0 Å². The highest BCUT2D eigenvalue weighted by molar-refractivity contribution is 14.1. The van der Waals surface area contributed by atoms with Crippen LogP contribution in [-0.2, 0) is 9.47 Å². The third-order valence-electron chi connectivity index (χ3n) is 2.47. The van der Waals surface area contributed by atoms with Crippen molar-refractivity contribution in [1.82, 2.24) is 0 Å². The molecule has 2 heterocycles. The Morgan fingerprint density at radius 1 is 1.67 bits per heavy atom. The SMILES string of the molecule is B[C@@H]1O[C@@]2(CI)C=COC1C2O. The predicted molar refractivity (Wildman–Crippen MR) is 55.1 cm³/mol. The molecule has 2 aliphatic heterocycles. The molecule has 0 saturated carbocycles. The number of ether oxygens (including phenoxy) is 2. The molecule has 0 aromatic carbocycles. The summed E-state index contributed by atoms with van der Waals surface area (Å²) in [7, 11) is 1.93. The average molecular weight is 280 g/mol. The minimum Gasteiger partial charge on any atom is -0.494 e. The standard InChI is InChI=1S/C7H10BIO3/c8-6-4-5(10)7(3-9,12-6)1-2-11-4/h1-2,4-6,10H,3,8H2/t4?,5?,6-,7-/m1/s1. The van der Waals surface area contributed by atoms with E-state index < -0.39 is 11.7 Å². The van der Waals surface area contributed by atoms with Crippen LogP contribution in [0.4, 0.5) is 0 Å². The Bertz CT molecular complexity index is 223. The lowest BCUT2D eigenvalue weighted by Gasteiger charge is -2.29. The summed E-state index contributed by atoms with van der Waals surface area (Å²) < 4.78 is 11.7. The van der Waals surface area contributed by atoms with Gasteiger partial charge in [-0.25, -0.2) is 0 Å². The summed E-state index contributed by atoms with van der Waals surface area (Å²) in [4.78, 5) is 0. The molecule has 0 radical (unpaired) electrons. The fraction of sp³-hybridized carbons (Fsp3) is 0.714. The predicted octanol–water partition coefficient (Wildman–Crippen LogP) is -0.577. The van der Waals surface area contributed by atoms with Gasteiger partial charge in [-0.1, -0.05) is 22.6 Å². The van der Waals surface area contributed by atoms with E-state index in [1.807, 2.05) is 13.9 Å². The maximum absolute atomic E-state index is 9.82. The second kappa shape index (κ2) is 2.89. The summed E-state index contributed by atoms with van der Waals surface area (Å²) in [6.07, 6.45) is 2.74. The number of rotatable bonds is 1. The fourth-order valence-electron chi connectivity index (χ4n) is 1.74. The van der Waals surface area contributed by atoms with Crippen molar-refractivity contribution in [3.8, 4) is 0 Å². The van der Waals surface area contributed by atoms with Gasteiger partial charge in [0.05, 0.1) is 12.3 Å². The van der Waals surface area contributed by atoms with Gasteiger partial charge in [-0.15, -0.1) is 0 Å². The molecule has 4 atom stereocenters. The quantitative estimate of drug-likeness (QED) is 0.397. The van der Waals surface area contributed by atoms with E-state index in [4.69, 9.17) is 9.47 Å². The zero-order valence-corrected chi connectivity index (χ0v) is 8.89. The van der Waals surface area contributed by atoms with Crippen molar-refractivity contribution in [3.63, 3.8) is 0 Å². The molecule has 2 rings (SSSR count). The molecule has 2 aliphatic rings. The van der Waals surface area contributed by atoms with Gasteiger partial charge in [0.25, 0.3) is 0 Å². The van der Waals surface area contributed by atoms with Gasteiger partial charge < -0.3 is 14.6 Å². The Balaban J connectivity index is 2.33. The number of fused-ring (bicyclic) bond motifs is 2. The molecular formula is C7H10BIO3. The Morgan fingerprint density at radius 2 is 2.42 bits per heavy atom. The Hall–Kier alpha value is 0.255. The lowest BCUT2D eigenvalue weighted by Crippen LogP contribution is -2.45. The normalized spacial score (nSPS) is 50.7. The summed E-state index contributed by atoms with van der Waals surface area (Å²) in [5.41, 5.74) is -0.497. The summed E-state index contributed by atoms with van der Waals surface area (Å²) >= 11 is 2.22. The van der Waals surface area contributed by atoms with E-state index in [9.17, 15) is 5.11 Å². The molecule has 2 bridgehead atoms. The van der Waals surface area contributed by atoms with Crippen LogP contribution >= 0.6 is 22.6 Å². The topological polar surface area (TPSA) is 38.7 Å². The number of aliphatic hydroxyl groups excluding tert-OH is 1. The van der Waals surface area contributed by atoms with Crippen molar-refractivity contribution in [3.05, 3.63) is 12.3 Å². The van der Waals surface area contributed by atoms with Crippen LogP contribution in [0.25, 0.3) is 0 Å². The molecule has 1 fully saturated rings. The highest BCUT2D eigenvalue weighted by Gasteiger charge is 2.53. The van der Waals surface area contributed by atoms with Gasteiger partial charge in [-0.2, -0.15) is 0 Å². The van der Waals surface area contributed by atoms with Gasteiger partial charge in [0.15, 0.2) is 0 Å². The third kappa shape index (κ3) is 1.03. The number of aliphatic hydroxyl groups is 1. The molecule has 0 spiro atoms. The lowest BCUT2D eigenvalue weighted by atomic mass is 9.89. The zero-order chi connectivity index (χ0) is 8.77. The number of halogens is 1. The van der Waals surface area contributed by atoms with E-state index in [1.54, 1.807) is 6.26 Å². The van der Waals surface area contributed by atoms with Gasteiger partial charge in [-0.05, 0) is 6.08 Å². The third-order valence-corrected chi connectivity index (χ3v) is 3.67. The summed E-state index contributed by atoms with van der Waals surface area (Å²) in [6.45, 7) is 0.